The van der Waals surface area contributed by atoms with Gasteiger partial charge in [0, 0.05) is 52.8 Å². The molecule has 0 atom stereocenters. The van der Waals surface area contributed by atoms with Crippen LogP contribution in [0.1, 0.15) is 139 Å². The van der Waals surface area contributed by atoms with E-state index in [2.05, 4.69) is 90.5 Å². The molecule has 0 spiro atoms. The van der Waals surface area contributed by atoms with Gasteiger partial charge in [-0.3, -0.25) is 14.8 Å². The van der Waals surface area contributed by atoms with E-state index in [0.717, 1.165) is 40.6 Å². The zero-order valence-corrected chi connectivity index (χ0v) is 39.3. The van der Waals surface area contributed by atoms with Crippen LogP contribution in [0.2, 0.25) is 0 Å². The topological polar surface area (TPSA) is 107 Å². The van der Waals surface area contributed by atoms with Crippen LogP contribution in [0, 0.1) is 25.5 Å². The lowest BCUT2D eigenvalue weighted by Crippen LogP contribution is -2.12. The van der Waals surface area contributed by atoms with Crippen molar-refractivity contribution in [1.29, 1.82) is 0 Å². The second-order valence-corrected chi connectivity index (χ2v) is 16.8. The molecular formula is C54H64F2N6O2. The number of H-pyrrole nitrogens is 1. The Morgan fingerprint density at radius 3 is 1.83 bits per heavy atom. The molecule has 0 saturated heterocycles. The van der Waals surface area contributed by atoms with Crippen molar-refractivity contribution in [1.82, 2.24) is 29.9 Å². The number of hydrogen-bond acceptors (Lipinski definition) is 7. The Labute approximate surface area is 378 Å². The minimum atomic E-state index is -0.474. The van der Waals surface area contributed by atoms with E-state index in [9.17, 15) is 13.6 Å². The Hall–Kier alpha value is -6.42. The fourth-order valence-electron chi connectivity index (χ4n) is 6.66. The van der Waals surface area contributed by atoms with Gasteiger partial charge in [-0.25, -0.2) is 23.7 Å². The van der Waals surface area contributed by atoms with E-state index < -0.39 is 5.82 Å². The van der Waals surface area contributed by atoms with E-state index in [-0.39, 0.29) is 29.0 Å². The Balaban J connectivity index is 0.000000188. The number of ether oxygens (including phenoxy) is 1. The predicted octanol–water partition coefficient (Wildman–Crippen LogP) is 14.3. The third-order valence-electron chi connectivity index (χ3n) is 10.1. The smallest absolute Gasteiger partial charge is 0.251 e. The quantitative estimate of drug-likeness (QED) is 0.138. The summed E-state index contributed by atoms with van der Waals surface area (Å²) in [5.74, 6) is 2.54. The number of rotatable bonds is 11. The van der Waals surface area contributed by atoms with Crippen molar-refractivity contribution in [2.24, 2.45) is 0 Å². The summed E-state index contributed by atoms with van der Waals surface area (Å²) in [7, 11) is 0. The number of unbranched alkanes of at least 4 members (excludes halogenated alkanes) is 1. The average molecular weight is 867 g/mol. The summed E-state index contributed by atoms with van der Waals surface area (Å²) in [6, 6.07) is 30.1. The van der Waals surface area contributed by atoms with Crippen LogP contribution in [-0.4, -0.2) is 29.9 Å². The number of aryl methyl sites for hydroxylation is 2. The van der Waals surface area contributed by atoms with Crippen LogP contribution in [0.15, 0.2) is 127 Å². The van der Waals surface area contributed by atoms with E-state index in [1.807, 2.05) is 94.7 Å². The van der Waals surface area contributed by atoms with Crippen molar-refractivity contribution in [3.63, 3.8) is 0 Å². The summed E-state index contributed by atoms with van der Waals surface area (Å²) in [5.41, 5.74) is 9.94. The molecule has 1 N–H and O–H groups in total. The van der Waals surface area contributed by atoms with Crippen molar-refractivity contribution < 1.29 is 13.5 Å². The fourth-order valence-corrected chi connectivity index (χ4v) is 6.66. The van der Waals surface area contributed by atoms with Crippen molar-refractivity contribution in [2.45, 2.75) is 119 Å². The molecule has 336 valence electrons. The van der Waals surface area contributed by atoms with E-state index in [4.69, 9.17) is 4.74 Å². The first-order chi connectivity index (χ1) is 30.6. The van der Waals surface area contributed by atoms with Crippen LogP contribution in [-0.2, 0) is 6.42 Å². The van der Waals surface area contributed by atoms with Gasteiger partial charge in [0.15, 0.2) is 11.6 Å². The lowest BCUT2D eigenvalue weighted by Gasteiger charge is -2.16. The number of pyridine rings is 2. The molecule has 10 heteroatoms. The standard InChI is InChI=1S/C14H13F2NO.C14H23N.C13H14N2O.C13H14N2/c1-9(2)13-7-12(16)14(8-17-13)18-11-5-3-10(15)4-6-11;1-6-7-8-13-12(5)14(10(2)3)11(4)9-15-13;1-9(2)13-14-11(8-12(16)15-13)10-6-4-3-5-7-10;1-10(2)13-14-9-8-12(15-13)11-6-4-3-5-7-11/h3-9H,1-2H3;9-10H,6-8H2,1-5H3;3-9H,1-2H3,(H,14,15,16);3-10H,1-2H3. The molecule has 0 aliphatic carbocycles. The minimum Gasteiger partial charge on any atom is -0.453 e. The third-order valence-corrected chi connectivity index (χ3v) is 10.1. The van der Waals surface area contributed by atoms with Crippen molar-refractivity contribution in [3.8, 4) is 34.0 Å². The highest BCUT2D eigenvalue weighted by atomic mass is 19.1. The molecule has 0 bridgehead atoms. The molecule has 4 aromatic heterocycles. The van der Waals surface area contributed by atoms with Gasteiger partial charge in [0.2, 0.25) is 0 Å². The molecule has 64 heavy (non-hydrogen) atoms. The largest absolute Gasteiger partial charge is 0.453 e. The van der Waals surface area contributed by atoms with Crippen LogP contribution in [0.5, 0.6) is 11.5 Å². The second-order valence-electron chi connectivity index (χ2n) is 16.8. The van der Waals surface area contributed by atoms with E-state index in [0.29, 0.717) is 23.3 Å². The van der Waals surface area contributed by atoms with Gasteiger partial charge in [0.25, 0.3) is 5.56 Å². The average Bonchev–Trinajstić information content (AvgIpc) is 3.28. The second kappa shape index (κ2) is 25.0. The molecule has 0 amide bonds. The molecule has 8 nitrogen and oxygen atoms in total. The molecule has 0 aliphatic rings. The van der Waals surface area contributed by atoms with Crippen LogP contribution in [0.25, 0.3) is 22.5 Å². The monoisotopic (exact) mass is 867 g/mol. The number of halogens is 2. The summed E-state index contributed by atoms with van der Waals surface area (Å²) in [6.45, 7) is 23.2. The Morgan fingerprint density at radius 1 is 0.656 bits per heavy atom. The van der Waals surface area contributed by atoms with E-state index >= 15 is 0 Å². The van der Waals surface area contributed by atoms with Crippen molar-refractivity contribution >= 4 is 0 Å². The molecule has 0 fully saturated rings. The van der Waals surface area contributed by atoms with Gasteiger partial charge < -0.3 is 9.72 Å². The maximum Gasteiger partial charge on any atom is 0.251 e. The van der Waals surface area contributed by atoms with Crippen molar-refractivity contribution in [3.05, 3.63) is 183 Å². The van der Waals surface area contributed by atoms with Crippen molar-refractivity contribution in [2.75, 3.05) is 0 Å². The minimum absolute atomic E-state index is 0.0333. The normalized spacial score (nSPS) is 10.8. The van der Waals surface area contributed by atoms with Gasteiger partial charge in [-0.2, -0.15) is 0 Å². The molecule has 0 saturated carbocycles. The highest BCUT2D eigenvalue weighted by Gasteiger charge is 2.12. The summed E-state index contributed by atoms with van der Waals surface area (Å²) in [4.78, 5) is 36.1. The Morgan fingerprint density at radius 2 is 1.28 bits per heavy atom. The summed E-state index contributed by atoms with van der Waals surface area (Å²) >= 11 is 0. The van der Waals surface area contributed by atoms with E-state index in [1.54, 1.807) is 0 Å². The summed E-state index contributed by atoms with van der Waals surface area (Å²) < 4.78 is 31.7. The maximum absolute atomic E-state index is 13.7. The molecule has 0 aliphatic heterocycles. The first-order valence-corrected chi connectivity index (χ1v) is 22.2. The molecule has 0 radical (unpaired) electrons. The van der Waals surface area contributed by atoms with Crippen LogP contribution in [0.3, 0.4) is 0 Å². The van der Waals surface area contributed by atoms with E-state index in [1.165, 1.54) is 77.8 Å². The fraction of sp³-hybridized carbons (Fsp3) is 0.333. The lowest BCUT2D eigenvalue weighted by atomic mass is 9.92. The summed E-state index contributed by atoms with van der Waals surface area (Å²) in [6.07, 6.45) is 8.81. The van der Waals surface area contributed by atoms with Gasteiger partial charge in [-0.05, 0) is 91.6 Å². The van der Waals surface area contributed by atoms with Crippen LogP contribution >= 0.6 is 0 Å². The Kier molecular flexibility index (Phi) is 19.6. The molecule has 7 rings (SSSR count). The number of hydrogen-bond donors (Lipinski definition) is 1. The first kappa shape index (κ1) is 50.2. The Bertz CT molecular complexity index is 2540. The number of nitrogens with zero attached hydrogens (tertiary/aromatic N) is 5. The third kappa shape index (κ3) is 15.4. The summed E-state index contributed by atoms with van der Waals surface area (Å²) in [5, 5.41) is 0. The van der Waals surface area contributed by atoms with Crippen LogP contribution < -0.4 is 10.3 Å². The zero-order valence-electron chi connectivity index (χ0n) is 39.3. The number of nitrogens with one attached hydrogen (secondary N) is 1. The maximum atomic E-state index is 13.7. The molecule has 3 aromatic carbocycles. The van der Waals surface area contributed by atoms with Crippen LogP contribution in [0.4, 0.5) is 8.78 Å². The number of aromatic nitrogens is 6. The zero-order chi connectivity index (χ0) is 46.8. The first-order valence-electron chi connectivity index (χ1n) is 22.2. The predicted molar refractivity (Wildman–Crippen MR) is 257 cm³/mol. The van der Waals surface area contributed by atoms with Gasteiger partial charge in [0.1, 0.15) is 23.2 Å². The lowest BCUT2D eigenvalue weighted by molar-refractivity contribution is 0.436. The highest BCUT2D eigenvalue weighted by molar-refractivity contribution is 5.59. The highest BCUT2D eigenvalue weighted by Crippen LogP contribution is 2.27. The SMILES string of the molecule is CC(C)c1cc(F)c(Oc2ccc(F)cc2)cn1.CC(C)c1nc(-c2ccccc2)cc(=O)[nH]1.CC(C)c1nccc(-c2ccccc2)n1.CCCCc1ncc(C)c(C(C)C)c1C. The van der Waals surface area contributed by atoms with Gasteiger partial charge >= 0.3 is 0 Å². The number of benzene rings is 3. The molecular weight excluding hydrogens is 803 g/mol. The van der Waals surface area contributed by atoms with Gasteiger partial charge in [0.05, 0.1) is 17.6 Å². The molecule has 0 unspecified atom stereocenters. The van der Waals surface area contributed by atoms with Gasteiger partial charge in [-0.15, -0.1) is 0 Å². The van der Waals surface area contributed by atoms with Gasteiger partial charge in [-0.1, -0.05) is 129 Å². The number of aromatic amines is 1. The molecule has 4 heterocycles. The molecule has 7 aromatic rings.